The topological polar surface area (TPSA) is 33.9 Å². The lowest BCUT2D eigenvalue weighted by molar-refractivity contribution is 0.111. The molecule has 1 fully saturated rings. The molecule has 1 saturated heterocycles. The predicted molar refractivity (Wildman–Crippen MR) is 106 cm³/mol. The third-order valence-corrected chi connectivity index (χ3v) is 5.57. The molecule has 26 heavy (non-hydrogen) atoms. The van der Waals surface area contributed by atoms with Gasteiger partial charge in [-0.3, -0.25) is 4.90 Å². The van der Waals surface area contributed by atoms with E-state index in [9.17, 15) is 5.21 Å². The van der Waals surface area contributed by atoms with E-state index in [0.717, 1.165) is 38.2 Å². The minimum absolute atomic E-state index is 0.344. The number of hydrogen-bond donors (Lipinski definition) is 0. The van der Waals surface area contributed by atoms with Crippen LogP contribution in [0.25, 0.3) is 10.6 Å². The molecule has 0 aromatic heterocycles. The summed E-state index contributed by atoms with van der Waals surface area (Å²) >= 11 is 0. The molecule has 4 nitrogen and oxygen atoms in total. The Kier molecular flexibility index (Phi) is 4.75. The monoisotopic (exact) mass is 345 g/mol. The van der Waals surface area contributed by atoms with Crippen LogP contribution in [0, 0.1) is 11.3 Å². The number of rotatable bonds is 1. The maximum atomic E-state index is 10.7. The van der Waals surface area contributed by atoms with Gasteiger partial charge in [-0.1, -0.05) is 48.5 Å². The molecular weight excluding hydrogens is 322 g/mol. The molecule has 2 aromatic rings. The van der Waals surface area contributed by atoms with Crippen LogP contribution in [-0.2, 0) is 6.42 Å². The van der Waals surface area contributed by atoms with Gasteiger partial charge >= 0.3 is 6.07 Å². The summed E-state index contributed by atoms with van der Waals surface area (Å²) in [5, 5.41) is 13.5. The van der Waals surface area contributed by atoms with E-state index in [2.05, 4.69) is 76.5 Å². The average molecular weight is 345 g/mol. The van der Waals surface area contributed by atoms with E-state index in [1.54, 1.807) is 6.08 Å². The Labute approximate surface area is 154 Å². The zero-order chi connectivity index (χ0) is 17.9. The van der Waals surface area contributed by atoms with Gasteiger partial charge in [0.2, 0.25) is 0 Å². The first kappa shape index (κ1) is 16.8. The summed E-state index contributed by atoms with van der Waals surface area (Å²) in [6, 6.07) is 19.9. The van der Waals surface area contributed by atoms with Crippen LogP contribution in [-0.4, -0.2) is 43.0 Å². The van der Waals surface area contributed by atoms with Gasteiger partial charge in [-0.25, -0.2) is 0 Å². The summed E-state index contributed by atoms with van der Waals surface area (Å²) in [7, 11) is 2.19. The van der Waals surface area contributed by atoms with Crippen molar-refractivity contribution in [2.75, 3.05) is 33.2 Å². The average Bonchev–Trinajstić information content (AvgIpc) is 2.82. The Balaban J connectivity index is 1.86. The Morgan fingerprint density at radius 1 is 1.00 bits per heavy atom. The highest BCUT2D eigenvalue weighted by Gasteiger charge is 2.30. The van der Waals surface area contributed by atoms with Crippen LogP contribution in [0.2, 0.25) is 0 Å². The van der Waals surface area contributed by atoms with E-state index in [1.165, 1.54) is 22.3 Å². The number of fused-ring (bicyclic) bond motifs is 2. The van der Waals surface area contributed by atoms with Crippen molar-refractivity contribution in [3.63, 3.8) is 0 Å². The summed E-state index contributed by atoms with van der Waals surface area (Å²) in [4.78, 5) is 4.99. The summed E-state index contributed by atoms with van der Waals surface area (Å²) in [6.45, 7) is 4.34. The SMILES string of the molecule is CN1CCN(C2Cc3ccccc3/C(=C\C#[N+][O-])c3ccccc32)CC1. The summed E-state index contributed by atoms with van der Waals surface area (Å²) in [6.07, 6.45) is 2.71. The molecule has 1 aliphatic heterocycles. The fraction of sp³-hybridized carbons (Fsp3) is 0.318. The first-order chi connectivity index (χ1) is 12.8. The highest BCUT2D eigenvalue weighted by atomic mass is 16.4. The Morgan fingerprint density at radius 2 is 1.69 bits per heavy atom. The van der Waals surface area contributed by atoms with E-state index in [1.807, 2.05) is 0 Å². The zero-order valence-corrected chi connectivity index (χ0v) is 15.1. The fourth-order valence-electron chi connectivity index (χ4n) is 4.16. The van der Waals surface area contributed by atoms with Crippen LogP contribution in [0.3, 0.4) is 0 Å². The van der Waals surface area contributed by atoms with E-state index in [-0.39, 0.29) is 0 Å². The van der Waals surface area contributed by atoms with Crippen molar-refractivity contribution in [1.29, 1.82) is 0 Å². The van der Waals surface area contributed by atoms with Gasteiger partial charge < -0.3 is 10.1 Å². The predicted octanol–water partition coefficient (Wildman–Crippen LogP) is 3.79. The van der Waals surface area contributed by atoms with Crippen molar-refractivity contribution in [1.82, 2.24) is 9.80 Å². The second-order valence-corrected chi connectivity index (χ2v) is 7.08. The molecule has 4 rings (SSSR count). The lowest BCUT2D eigenvalue weighted by Gasteiger charge is -2.38. The van der Waals surface area contributed by atoms with Crippen LogP contribution < -0.4 is 0 Å². The van der Waals surface area contributed by atoms with Crippen molar-refractivity contribution in [2.45, 2.75) is 12.5 Å². The van der Waals surface area contributed by atoms with E-state index in [4.69, 9.17) is 0 Å². The highest BCUT2D eigenvalue weighted by molar-refractivity contribution is 5.85. The van der Waals surface area contributed by atoms with Crippen molar-refractivity contribution in [3.05, 3.63) is 87.1 Å². The van der Waals surface area contributed by atoms with Gasteiger partial charge in [0, 0.05) is 42.8 Å². The van der Waals surface area contributed by atoms with E-state index in [0.29, 0.717) is 6.04 Å². The smallest absolute Gasteiger partial charge is 0.329 e. The van der Waals surface area contributed by atoms with Gasteiger partial charge in [0.1, 0.15) is 0 Å². The third-order valence-electron chi connectivity index (χ3n) is 5.57. The van der Waals surface area contributed by atoms with Gasteiger partial charge in [0.25, 0.3) is 0 Å². The molecule has 0 bridgehead atoms. The van der Waals surface area contributed by atoms with Gasteiger partial charge in [-0.2, -0.15) is 0 Å². The van der Waals surface area contributed by atoms with Crippen molar-refractivity contribution < 1.29 is 0 Å². The van der Waals surface area contributed by atoms with Crippen LogP contribution >= 0.6 is 0 Å². The molecule has 0 radical (unpaired) electrons. The molecular formula is C22H23N3O. The molecule has 4 heteroatoms. The molecule has 0 amide bonds. The lowest BCUT2D eigenvalue weighted by Crippen LogP contribution is -2.46. The van der Waals surface area contributed by atoms with Gasteiger partial charge in [-0.05, 0) is 35.7 Å². The lowest BCUT2D eigenvalue weighted by atomic mass is 9.93. The van der Waals surface area contributed by atoms with Gasteiger partial charge in [0.15, 0.2) is 0 Å². The number of nitrogens with zero attached hydrogens (tertiary/aromatic N) is 3. The zero-order valence-electron chi connectivity index (χ0n) is 15.1. The molecule has 2 aromatic carbocycles. The Morgan fingerprint density at radius 3 is 2.46 bits per heavy atom. The van der Waals surface area contributed by atoms with Crippen LogP contribution in [0.5, 0.6) is 0 Å². The molecule has 0 N–H and O–H groups in total. The fourth-order valence-corrected chi connectivity index (χ4v) is 4.16. The molecule has 0 spiro atoms. The van der Waals surface area contributed by atoms with E-state index >= 15 is 0 Å². The van der Waals surface area contributed by atoms with E-state index < -0.39 is 0 Å². The molecule has 1 atom stereocenters. The molecule has 1 heterocycles. The van der Waals surface area contributed by atoms with Gasteiger partial charge in [0.05, 0.1) is 6.08 Å². The molecule has 0 saturated carbocycles. The second kappa shape index (κ2) is 7.33. The van der Waals surface area contributed by atoms with Crippen LogP contribution in [0.1, 0.15) is 28.3 Å². The number of allylic oxidation sites excluding steroid dienone is 1. The summed E-state index contributed by atoms with van der Waals surface area (Å²) in [5.74, 6) is 0. The van der Waals surface area contributed by atoms with Crippen molar-refractivity contribution in [2.24, 2.45) is 0 Å². The Bertz CT molecular complexity index is 886. The normalized spacial score (nSPS) is 22.0. The summed E-state index contributed by atoms with van der Waals surface area (Å²) < 4.78 is 0. The number of hydrogen-bond acceptors (Lipinski definition) is 3. The van der Waals surface area contributed by atoms with Crippen LogP contribution in [0.4, 0.5) is 0 Å². The Hall–Kier alpha value is -2.61. The first-order valence-corrected chi connectivity index (χ1v) is 9.16. The number of likely N-dealkylation sites (N-methyl/N-ethyl adjacent to an activating group) is 1. The largest absolute Gasteiger partial charge is 0.498 e. The van der Waals surface area contributed by atoms with Gasteiger partial charge in [-0.15, -0.1) is 0 Å². The number of piperazine rings is 1. The summed E-state index contributed by atoms with van der Waals surface area (Å²) in [5.41, 5.74) is 6.02. The highest BCUT2D eigenvalue weighted by Crippen LogP contribution is 2.40. The first-order valence-electron chi connectivity index (χ1n) is 9.16. The molecule has 2 aliphatic rings. The standard InChI is InChI=1S/C22H23N3O/c1-24-12-14-25(15-13-24)22-16-17-6-2-3-7-18(17)20(10-11-23-26)19-8-4-5-9-21(19)22/h2-10,22H,12-16H2,1H3/b20-10+. The second-order valence-electron chi connectivity index (χ2n) is 7.08. The molecule has 1 unspecified atom stereocenters. The maximum Gasteiger partial charge on any atom is 0.329 e. The quantitative estimate of drug-likeness (QED) is 0.582. The third kappa shape index (κ3) is 3.12. The van der Waals surface area contributed by atoms with Crippen LogP contribution in [0.15, 0.2) is 54.6 Å². The van der Waals surface area contributed by atoms with Crippen molar-refractivity contribution >= 4 is 5.57 Å². The molecule has 1 aliphatic carbocycles. The molecule has 132 valence electrons. The minimum atomic E-state index is 0.344. The maximum absolute atomic E-state index is 10.7. The van der Waals surface area contributed by atoms with Crippen molar-refractivity contribution in [3.8, 4) is 6.07 Å². The number of benzene rings is 2. The minimum Gasteiger partial charge on any atom is -0.498 e.